The Kier molecular flexibility index (Phi) is 6.24. The third-order valence-electron chi connectivity index (χ3n) is 3.83. The first kappa shape index (κ1) is 19.4. The number of rotatable bonds is 8. The Hall–Kier alpha value is -3.38. The van der Waals surface area contributed by atoms with Gasteiger partial charge in [-0.15, -0.1) is 16.4 Å². The Labute approximate surface area is 165 Å². The van der Waals surface area contributed by atoms with Gasteiger partial charge in [0.05, 0.1) is 24.0 Å². The maximum absolute atomic E-state index is 12.8. The molecule has 3 aromatic rings. The van der Waals surface area contributed by atoms with E-state index in [1.54, 1.807) is 30.3 Å². The number of nitriles is 1. The normalized spacial score (nSPS) is 10.4. The summed E-state index contributed by atoms with van der Waals surface area (Å²) in [5.74, 6) is -0.207. The first-order chi connectivity index (χ1) is 13.6. The van der Waals surface area contributed by atoms with Crippen molar-refractivity contribution in [2.24, 2.45) is 0 Å². The monoisotopic (exact) mass is 398 g/mol. The molecule has 0 aliphatic rings. The molecule has 0 radical (unpaired) electrons. The van der Waals surface area contributed by atoms with Gasteiger partial charge in [0.2, 0.25) is 5.91 Å². The number of anilines is 1. The largest absolute Gasteiger partial charge is 0.494 e. The SMILES string of the molecule is CCOc1ccc(N(CCC#N)C(=O)Cn2nc(-c3cccs3)oc2=O)cc1. The standard InChI is InChI=1S/C19H18N4O4S/c1-2-26-15-8-6-14(7-9-15)22(11-4-10-20)17(24)13-23-19(25)27-18(21-23)16-5-3-12-28-16/h3,5-9,12H,2,4,11,13H2,1H3. The third-order valence-corrected chi connectivity index (χ3v) is 4.69. The minimum absolute atomic E-state index is 0.160. The summed E-state index contributed by atoms with van der Waals surface area (Å²) in [7, 11) is 0. The van der Waals surface area contributed by atoms with Crippen LogP contribution in [0.4, 0.5) is 5.69 Å². The molecule has 0 bridgehead atoms. The number of hydrogen-bond acceptors (Lipinski definition) is 7. The van der Waals surface area contributed by atoms with Crippen LogP contribution in [-0.2, 0) is 11.3 Å². The number of carbonyl (C=O) groups is 1. The molecule has 0 unspecified atom stereocenters. The van der Waals surface area contributed by atoms with E-state index in [1.807, 2.05) is 24.4 Å². The molecule has 1 aromatic carbocycles. The summed E-state index contributed by atoms with van der Waals surface area (Å²) in [6.07, 6.45) is 0.160. The fourth-order valence-corrected chi connectivity index (χ4v) is 3.21. The van der Waals surface area contributed by atoms with Gasteiger partial charge in [-0.2, -0.15) is 9.94 Å². The van der Waals surface area contributed by atoms with Gasteiger partial charge in [0.15, 0.2) is 0 Å². The van der Waals surface area contributed by atoms with E-state index in [4.69, 9.17) is 14.4 Å². The summed E-state index contributed by atoms with van der Waals surface area (Å²) in [4.78, 5) is 27.0. The molecule has 2 heterocycles. The van der Waals surface area contributed by atoms with Crippen molar-refractivity contribution in [3.05, 3.63) is 52.3 Å². The number of benzene rings is 1. The molecule has 8 nitrogen and oxygen atoms in total. The van der Waals surface area contributed by atoms with Gasteiger partial charge in [0.1, 0.15) is 12.3 Å². The number of thiophene rings is 1. The van der Waals surface area contributed by atoms with Crippen LogP contribution in [0.1, 0.15) is 13.3 Å². The molecule has 144 valence electrons. The Morgan fingerprint density at radius 2 is 2.14 bits per heavy atom. The van der Waals surface area contributed by atoms with Crippen LogP contribution in [0.2, 0.25) is 0 Å². The van der Waals surface area contributed by atoms with Crippen molar-refractivity contribution >= 4 is 22.9 Å². The Balaban J connectivity index is 1.80. The predicted octanol–water partition coefficient (Wildman–Crippen LogP) is 2.91. The Morgan fingerprint density at radius 1 is 1.36 bits per heavy atom. The average Bonchev–Trinajstić information content (AvgIpc) is 3.34. The van der Waals surface area contributed by atoms with Gasteiger partial charge in [-0.25, -0.2) is 4.79 Å². The van der Waals surface area contributed by atoms with E-state index in [0.717, 1.165) is 4.68 Å². The lowest BCUT2D eigenvalue weighted by Gasteiger charge is -2.21. The van der Waals surface area contributed by atoms with Crippen molar-refractivity contribution in [2.45, 2.75) is 19.9 Å². The molecule has 9 heteroatoms. The molecular weight excluding hydrogens is 380 g/mol. The van der Waals surface area contributed by atoms with E-state index in [2.05, 4.69) is 5.10 Å². The van der Waals surface area contributed by atoms with Crippen molar-refractivity contribution in [3.8, 4) is 22.6 Å². The molecule has 0 spiro atoms. The van der Waals surface area contributed by atoms with Gasteiger partial charge >= 0.3 is 5.76 Å². The minimum atomic E-state index is -0.705. The summed E-state index contributed by atoms with van der Waals surface area (Å²) < 4.78 is 11.5. The molecule has 28 heavy (non-hydrogen) atoms. The lowest BCUT2D eigenvalue weighted by Crippen LogP contribution is -2.36. The van der Waals surface area contributed by atoms with Crippen LogP contribution in [-0.4, -0.2) is 28.8 Å². The number of nitrogens with zero attached hydrogens (tertiary/aromatic N) is 4. The van der Waals surface area contributed by atoms with Crippen molar-refractivity contribution in [2.75, 3.05) is 18.1 Å². The van der Waals surface area contributed by atoms with Gasteiger partial charge in [-0.1, -0.05) is 6.07 Å². The molecule has 1 amide bonds. The summed E-state index contributed by atoms with van der Waals surface area (Å²) >= 11 is 1.38. The van der Waals surface area contributed by atoms with Crippen molar-refractivity contribution in [1.29, 1.82) is 5.26 Å². The molecule has 0 saturated carbocycles. The van der Waals surface area contributed by atoms with Crippen LogP contribution in [0.3, 0.4) is 0 Å². The van der Waals surface area contributed by atoms with Crippen LogP contribution in [0.25, 0.3) is 10.8 Å². The third kappa shape index (κ3) is 4.47. The fourth-order valence-electron chi connectivity index (χ4n) is 2.57. The zero-order valence-electron chi connectivity index (χ0n) is 15.2. The molecule has 0 aliphatic carbocycles. The zero-order chi connectivity index (χ0) is 19.9. The Morgan fingerprint density at radius 3 is 2.79 bits per heavy atom. The second-order valence-electron chi connectivity index (χ2n) is 5.69. The predicted molar refractivity (Wildman–Crippen MR) is 104 cm³/mol. The molecule has 3 rings (SSSR count). The molecule has 2 aromatic heterocycles. The topological polar surface area (TPSA) is 101 Å². The van der Waals surface area contributed by atoms with E-state index in [1.165, 1.54) is 16.2 Å². The lowest BCUT2D eigenvalue weighted by molar-refractivity contribution is -0.119. The van der Waals surface area contributed by atoms with Crippen molar-refractivity contribution in [1.82, 2.24) is 9.78 Å². The number of carbonyl (C=O) groups excluding carboxylic acids is 1. The first-order valence-electron chi connectivity index (χ1n) is 8.64. The van der Waals surface area contributed by atoms with Crippen molar-refractivity contribution < 1.29 is 13.9 Å². The average molecular weight is 398 g/mol. The summed E-state index contributed by atoms with van der Waals surface area (Å²) in [5.41, 5.74) is 0.610. The second kappa shape index (κ2) is 9.01. The van der Waals surface area contributed by atoms with Crippen LogP contribution in [0.5, 0.6) is 5.75 Å². The van der Waals surface area contributed by atoms with Crippen LogP contribution >= 0.6 is 11.3 Å². The number of aromatic nitrogens is 2. The zero-order valence-corrected chi connectivity index (χ0v) is 16.0. The smallest absolute Gasteiger partial charge is 0.437 e. The van der Waals surface area contributed by atoms with Gasteiger partial charge in [0, 0.05) is 12.2 Å². The molecular formula is C19H18N4O4S. The quantitative estimate of drug-likeness (QED) is 0.578. The van der Waals surface area contributed by atoms with Crippen molar-refractivity contribution in [3.63, 3.8) is 0 Å². The fraction of sp³-hybridized carbons (Fsp3) is 0.263. The van der Waals surface area contributed by atoms with Crippen LogP contribution < -0.4 is 15.4 Å². The highest BCUT2D eigenvalue weighted by molar-refractivity contribution is 7.13. The highest BCUT2D eigenvalue weighted by Gasteiger charge is 2.20. The van der Waals surface area contributed by atoms with Gasteiger partial charge in [0.25, 0.3) is 5.89 Å². The first-order valence-corrected chi connectivity index (χ1v) is 9.52. The number of amides is 1. The molecule has 0 aliphatic heterocycles. The second-order valence-corrected chi connectivity index (χ2v) is 6.64. The maximum atomic E-state index is 12.8. The van der Waals surface area contributed by atoms with Gasteiger partial charge in [-0.3, -0.25) is 4.79 Å². The van der Waals surface area contributed by atoms with E-state index >= 15 is 0 Å². The van der Waals surface area contributed by atoms with E-state index in [-0.39, 0.29) is 31.3 Å². The summed E-state index contributed by atoms with van der Waals surface area (Å²) in [6.45, 7) is 2.34. The highest BCUT2D eigenvalue weighted by Crippen LogP contribution is 2.22. The maximum Gasteiger partial charge on any atom is 0.437 e. The molecule has 0 atom stereocenters. The number of hydrogen-bond donors (Lipinski definition) is 0. The lowest BCUT2D eigenvalue weighted by atomic mass is 10.2. The van der Waals surface area contributed by atoms with E-state index in [9.17, 15) is 9.59 Å². The molecule has 0 saturated heterocycles. The van der Waals surface area contributed by atoms with E-state index in [0.29, 0.717) is 22.9 Å². The number of ether oxygens (including phenoxy) is 1. The van der Waals surface area contributed by atoms with Crippen LogP contribution in [0.15, 0.2) is 51.0 Å². The Bertz CT molecular complexity index is 1020. The van der Waals surface area contributed by atoms with Gasteiger partial charge < -0.3 is 14.1 Å². The molecule has 0 fully saturated rings. The van der Waals surface area contributed by atoms with Crippen LogP contribution in [0, 0.1) is 11.3 Å². The highest BCUT2D eigenvalue weighted by atomic mass is 32.1. The minimum Gasteiger partial charge on any atom is -0.494 e. The van der Waals surface area contributed by atoms with E-state index < -0.39 is 5.76 Å². The van der Waals surface area contributed by atoms with Gasteiger partial charge in [-0.05, 0) is 42.6 Å². The summed E-state index contributed by atoms with van der Waals surface area (Å²) in [5, 5.41) is 14.9. The summed E-state index contributed by atoms with van der Waals surface area (Å²) in [6, 6.07) is 12.6. The molecule has 0 N–H and O–H groups in total.